The maximum Gasteiger partial charge on any atom is 0.427 e. The number of imidazole rings is 1. The van der Waals surface area contributed by atoms with Gasteiger partial charge in [-0.15, -0.1) is 5.48 Å². The van der Waals surface area contributed by atoms with Crippen molar-refractivity contribution in [3.8, 4) is 11.3 Å². The molecule has 0 radical (unpaired) electrons. The van der Waals surface area contributed by atoms with Crippen LogP contribution in [0.2, 0.25) is 5.02 Å². The highest BCUT2D eigenvalue weighted by atomic mass is 79.9. The fourth-order valence-electron chi connectivity index (χ4n) is 6.48. The summed E-state index contributed by atoms with van der Waals surface area (Å²) in [5, 5.41) is 3.29. The largest absolute Gasteiger partial charge is 0.427 e. The number of morpholine rings is 1. The van der Waals surface area contributed by atoms with Crippen molar-refractivity contribution in [3.63, 3.8) is 0 Å². The molecule has 2 N–H and O–H groups in total. The Morgan fingerprint density at radius 3 is 2.67 bits per heavy atom. The van der Waals surface area contributed by atoms with Gasteiger partial charge in [-0.3, -0.25) is 10.3 Å². The Hall–Kier alpha value is -3.25. The smallest absolute Gasteiger partial charge is 0.377 e. The highest BCUT2D eigenvalue weighted by molar-refractivity contribution is 9.10. The molecule has 5 heterocycles. The van der Waals surface area contributed by atoms with E-state index in [1.165, 1.54) is 31.2 Å². The van der Waals surface area contributed by atoms with E-state index in [1.807, 2.05) is 12.1 Å². The number of carbonyl (C=O) groups is 1. The van der Waals surface area contributed by atoms with E-state index in [4.69, 9.17) is 31.1 Å². The van der Waals surface area contributed by atoms with Crippen LogP contribution in [0.4, 0.5) is 10.7 Å². The van der Waals surface area contributed by atoms with Crippen molar-refractivity contribution in [2.24, 2.45) is 11.8 Å². The third-order valence-electron chi connectivity index (χ3n) is 8.77. The van der Waals surface area contributed by atoms with Gasteiger partial charge in [0.05, 0.1) is 45.7 Å². The lowest BCUT2D eigenvalue weighted by Gasteiger charge is -2.37. The zero-order valence-corrected chi connectivity index (χ0v) is 26.1. The van der Waals surface area contributed by atoms with E-state index in [-0.39, 0.29) is 6.04 Å². The summed E-state index contributed by atoms with van der Waals surface area (Å²) in [7, 11) is 0. The Morgan fingerprint density at radius 2 is 1.93 bits per heavy atom. The molecule has 2 saturated heterocycles. The minimum atomic E-state index is -0.661. The number of anilines is 1. The van der Waals surface area contributed by atoms with Crippen LogP contribution in [0.3, 0.4) is 0 Å². The summed E-state index contributed by atoms with van der Waals surface area (Å²) in [6.07, 6.45) is 6.93. The number of hydrogen-bond donors (Lipinski definition) is 2. The number of aromatic nitrogens is 4. The van der Waals surface area contributed by atoms with Crippen molar-refractivity contribution >= 4 is 50.6 Å². The van der Waals surface area contributed by atoms with Crippen LogP contribution in [0.25, 0.3) is 22.3 Å². The van der Waals surface area contributed by atoms with Crippen LogP contribution in [0.1, 0.15) is 56.1 Å². The van der Waals surface area contributed by atoms with Crippen LogP contribution >= 0.6 is 27.5 Å². The molecule has 1 saturated carbocycles. The van der Waals surface area contributed by atoms with Crippen molar-refractivity contribution < 1.29 is 14.4 Å². The molecule has 1 amide bonds. The SMILES string of the molecule is CC1CCC(Cn2c(N3CCOC[C@H]3c3ccccc3)nc3c(Br)c(C4NOC(=O)N4)nc(-c4cncc(Cl)c4)c32)CC1. The van der Waals surface area contributed by atoms with E-state index in [2.05, 4.69) is 72.4 Å². The molecular weight excluding hydrogens is 634 g/mol. The van der Waals surface area contributed by atoms with Crippen molar-refractivity contribution in [1.29, 1.82) is 0 Å². The molecule has 3 fully saturated rings. The van der Waals surface area contributed by atoms with Crippen molar-refractivity contribution in [1.82, 2.24) is 30.3 Å². The van der Waals surface area contributed by atoms with Crippen molar-refractivity contribution in [3.05, 3.63) is 69.5 Å². The fraction of sp³-hybridized carbons (Fsp3) is 0.419. The third kappa shape index (κ3) is 5.59. The molecule has 4 aromatic rings. The number of hydroxylamine groups is 1. The van der Waals surface area contributed by atoms with E-state index in [0.29, 0.717) is 46.6 Å². The minimum Gasteiger partial charge on any atom is -0.377 e. The first-order valence-corrected chi connectivity index (χ1v) is 16.0. The maximum atomic E-state index is 12.0. The highest BCUT2D eigenvalue weighted by Gasteiger charge is 2.35. The molecule has 1 unspecified atom stereocenters. The standard InChI is InChI=1S/C31H33BrClN7O3/c1-18-7-9-19(10-8-18)16-40-28-25(21-13-22(33)15-34-14-21)35-27(29-37-31(41)43-38-29)24(32)26(28)36-30(40)39-11-12-42-17-23(39)20-5-3-2-4-6-20/h2-6,13-15,18-19,23,29,38H,7-12,16-17H2,1H3,(H,37,41)/t18?,19?,23-,29?/m0/s1. The summed E-state index contributed by atoms with van der Waals surface area (Å²) in [4.78, 5) is 34.2. The highest BCUT2D eigenvalue weighted by Crippen LogP contribution is 2.42. The van der Waals surface area contributed by atoms with Crippen molar-refractivity contribution in [2.75, 3.05) is 24.7 Å². The first-order chi connectivity index (χ1) is 21.0. The molecule has 1 aliphatic carbocycles. The molecular formula is C31H33BrClN7O3. The second kappa shape index (κ2) is 12.0. The first-order valence-electron chi connectivity index (χ1n) is 14.8. The van der Waals surface area contributed by atoms with Gasteiger partial charge in [-0.1, -0.05) is 61.7 Å². The molecule has 0 bridgehead atoms. The first kappa shape index (κ1) is 28.5. The molecule has 2 atom stereocenters. The molecule has 2 aliphatic heterocycles. The van der Waals surface area contributed by atoms with E-state index < -0.39 is 12.3 Å². The second-order valence-electron chi connectivity index (χ2n) is 11.7. The number of amides is 1. The number of nitrogens with one attached hydrogen (secondary N) is 2. The fourth-order valence-corrected chi connectivity index (χ4v) is 7.25. The summed E-state index contributed by atoms with van der Waals surface area (Å²) in [6.45, 7) is 5.04. The minimum absolute atomic E-state index is 0.00330. The lowest BCUT2D eigenvalue weighted by molar-refractivity contribution is 0.0927. The monoisotopic (exact) mass is 665 g/mol. The molecule has 12 heteroatoms. The average molecular weight is 667 g/mol. The number of hydrogen-bond acceptors (Lipinski definition) is 8. The summed E-state index contributed by atoms with van der Waals surface area (Å²) in [5.41, 5.74) is 7.59. The number of rotatable bonds is 6. The third-order valence-corrected chi connectivity index (χ3v) is 9.75. The number of halogens is 2. The van der Waals surface area contributed by atoms with Crippen LogP contribution in [-0.4, -0.2) is 45.4 Å². The number of ether oxygens (including phenoxy) is 1. The molecule has 7 rings (SSSR count). The van der Waals surface area contributed by atoms with Crippen LogP contribution in [0, 0.1) is 11.8 Å². The molecule has 3 aromatic heterocycles. The predicted molar refractivity (Wildman–Crippen MR) is 167 cm³/mol. The van der Waals surface area contributed by atoms with Gasteiger partial charge in [-0.05, 0) is 52.2 Å². The normalized spacial score (nSPS) is 24.3. The Labute approximate surface area is 263 Å². The lowest BCUT2D eigenvalue weighted by Crippen LogP contribution is -2.41. The van der Waals surface area contributed by atoms with Gasteiger partial charge in [0.25, 0.3) is 0 Å². The van der Waals surface area contributed by atoms with E-state index in [0.717, 1.165) is 35.0 Å². The van der Waals surface area contributed by atoms with Gasteiger partial charge < -0.3 is 19.0 Å². The molecule has 0 spiro atoms. The zero-order chi connectivity index (χ0) is 29.5. The molecule has 10 nitrogen and oxygen atoms in total. The molecule has 1 aromatic carbocycles. The topological polar surface area (TPSA) is 106 Å². The number of pyridine rings is 2. The number of nitrogens with zero attached hydrogens (tertiary/aromatic N) is 5. The van der Waals surface area contributed by atoms with E-state index >= 15 is 0 Å². The average Bonchev–Trinajstić information content (AvgIpc) is 3.63. The van der Waals surface area contributed by atoms with Crippen molar-refractivity contribution in [2.45, 2.75) is 51.4 Å². The summed E-state index contributed by atoms with van der Waals surface area (Å²) in [5.74, 6) is 2.14. The zero-order valence-electron chi connectivity index (χ0n) is 23.8. The van der Waals surface area contributed by atoms with Gasteiger partial charge in [-0.25, -0.2) is 14.8 Å². The molecule has 43 heavy (non-hydrogen) atoms. The molecule has 224 valence electrons. The van der Waals surface area contributed by atoms with Gasteiger partial charge in [0.15, 0.2) is 6.17 Å². The van der Waals surface area contributed by atoms with E-state index in [1.54, 1.807) is 12.4 Å². The van der Waals surface area contributed by atoms with Crippen LogP contribution in [-0.2, 0) is 16.1 Å². The maximum absolute atomic E-state index is 12.0. The van der Waals surface area contributed by atoms with Crippen LogP contribution < -0.4 is 15.7 Å². The Balaban J connectivity index is 1.46. The number of carbonyl (C=O) groups excluding carboxylic acids is 1. The predicted octanol–water partition coefficient (Wildman–Crippen LogP) is 6.56. The van der Waals surface area contributed by atoms with Gasteiger partial charge in [0.2, 0.25) is 5.95 Å². The Morgan fingerprint density at radius 1 is 1.12 bits per heavy atom. The van der Waals surface area contributed by atoms with Gasteiger partial charge in [0, 0.05) is 31.0 Å². The van der Waals surface area contributed by atoms with Crippen LogP contribution in [0.5, 0.6) is 0 Å². The second-order valence-corrected chi connectivity index (χ2v) is 12.9. The summed E-state index contributed by atoms with van der Waals surface area (Å²) < 4.78 is 9.04. The summed E-state index contributed by atoms with van der Waals surface area (Å²) >= 11 is 10.3. The number of fused-ring (bicyclic) bond motifs is 1. The van der Waals surface area contributed by atoms with Gasteiger partial charge >= 0.3 is 6.09 Å². The lowest BCUT2D eigenvalue weighted by atomic mass is 9.83. The van der Waals surface area contributed by atoms with Crippen LogP contribution in [0.15, 0.2) is 53.3 Å². The number of benzene rings is 1. The van der Waals surface area contributed by atoms with Gasteiger partial charge in [-0.2, -0.15) is 0 Å². The Kier molecular flexibility index (Phi) is 7.98. The quantitative estimate of drug-likeness (QED) is 0.239. The van der Waals surface area contributed by atoms with Gasteiger partial charge in [0.1, 0.15) is 5.52 Å². The van der Waals surface area contributed by atoms with E-state index in [9.17, 15) is 4.79 Å². The molecule has 3 aliphatic rings. The summed E-state index contributed by atoms with van der Waals surface area (Å²) in [6, 6.07) is 12.3. The Bertz CT molecular complexity index is 1640.